The molecule has 0 radical (unpaired) electrons. The van der Waals surface area contributed by atoms with Gasteiger partial charge in [-0.15, -0.1) is 0 Å². The Balaban J connectivity index is 2.49. The van der Waals surface area contributed by atoms with Crippen LogP contribution in [0.3, 0.4) is 0 Å². The molecular weight excluding hydrogens is 285 g/mol. The molecule has 5 nitrogen and oxygen atoms in total. The highest BCUT2D eigenvalue weighted by Crippen LogP contribution is 2.18. The average Bonchev–Trinajstić information content (AvgIpc) is 2.46. The van der Waals surface area contributed by atoms with Gasteiger partial charge in [-0.2, -0.15) is 0 Å². The van der Waals surface area contributed by atoms with Crippen LogP contribution in [0.1, 0.15) is 30.6 Å². The van der Waals surface area contributed by atoms with Gasteiger partial charge in [-0.3, -0.25) is 9.59 Å². The van der Waals surface area contributed by atoms with Crippen molar-refractivity contribution in [2.45, 2.75) is 20.3 Å². The van der Waals surface area contributed by atoms with Gasteiger partial charge in [-0.05, 0) is 31.5 Å². The van der Waals surface area contributed by atoms with E-state index in [0.29, 0.717) is 37.3 Å². The van der Waals surface area contributed by atoms with Crippen LogP contribution in [0.15, 0.2) is 18.2 Å². The molecule has 0 heterocycles. The zero-order valence-corrected chi connectivity index (χ0v) is 13.6. The number of nitrogens with one attached hydrogen (secondary N) is 1. The third-order valence-corrected chi connectivity index (χ3v) is 3.41. The van der Waals surface area contributed by atoms with E-state index in [0.717, 1.165) is 0 Å². The maximum Gasteiger partial charge on any atom is 0.251 e. The molecule has 0 aromatic heterocycles. The topological polar surface area (TPSA) is 52.7 Å². The summed E-state index contributed by atoms with van der Waals surface area (Å²) in [7, 11) is 3.49. The van der Waals surface area contributed by atoms with E-state index in [2.05, 4.69) is 5.32 Å². The maximum absolute atomic E-state index is 13.8. The molecule has 122 valence electrons. The van der Waals surface area contributed by atoms with Crippen LogP contribution in [0, 0.1) is 5.82 Å². The maximum atomic E-state index is 13.8. The van der Waals surface area contributed by atoms with Gasteiger partial charge in [0.05, 0.1) is 5.69 Å². The molecule has 1 N–H and O–H groups in total. The average molecular weight is 309 g/mol. The number of rotatable bonds is 7. The van der Waals surface area contributed by atoms with Crippen molar-refractivity contribution in [3.05, 3.63) is 29.6 Å². The summed E-state index contributed by atoms with van der Waals surface area (Å²) in [5.74, 6) is -0.711. The van der Waals surface area contributed by atoms with Crippen LogP contribution < -0.4 is 10.2 Å². The summed E-state index contributed by atoms with van der Waals surface area (Å²) in [6.45, 7) is 5.13. The fourth-order valence-corrected chi connectivity index (χ4v) is 2.12. The van der Waals surface area contributed by atoms with E-state index >= 15 is 0 Å². The number of nitrogens with zero attached hydrogens (tertiary/aromatic N) is 2. The second kappa shape index (κ2) is 8.36. The highest BCUT2D eigenvalue weighted by atomic mass is 19.1. The monoisotopic (exact) mass is 309 g/mol. The molecule has 0 aliphatic carbocycles. The number of hydrogen-bond donors (Lipinski definition) is 1. The minimum Gasteiger partial charge on any atom is -0.375 e. The molecule has 0 spiro atoms. The number of hydrogen-bond acceptors (Lipinski definition) is 3. The summed E-state index contributed by atoms with van der Waals surface area (Å²) in [6, 6.07) is 4.42. The molecule has 0 aliphatic rings. The largest absolute Gasteiger partial charge is 0.375 e. The molecule has 0 unspecified atom stereocenters. The Morgan fingerprint density at radius 2 is 1.95 bits per heavy atom. The summed E-state index contributed by atoms with van der Waals surface area (Å²) in [4.78, 5) is 26.6. The van der Waals surface area contributed by atoms with Crippen LogP contribution in [0.5, 0.6) is 0 Å². The van der Waals surface area contributed by atoms with E-state index in [1.807, 2.05) is 6.92 Å². The molecule has 0 bridgehead atoms. The third-order valence-electron chi connectivity index (χ3n) is 3.41. The van der Waals surface area contributed by atoms with Crippen molar-refractivity contribution in [3.63, 3.8) is 0 Å². The van der Waals surface area contributed by atoms with E-state index in [-0.39, 0.29) is 11.8 Å². The molecule has 0 saturated carbocycles. The first-order valence-corrected chi connectivity index (χ1v) is 7.37. The SMILES string of the molecule is CCN(CCCNC(=O)c1ccc(N(C)C)c(F)c1)C(C)=O. The number of anilines is 1. The molecule has 1 aromatic carbocycles. The van der Waals surface area contributed by atoms with Gasteiger partial charge in [0, 0.05) is 46.2 Å². The molecular formula is C16H24FN3O2. The Hall–Kier alpha value is -2.11. The van der Waals surface area contributed by atoms with Gasteiger partial charge >= 0.3 is 0 Å². The van der Waals surface area contributed by atoms with Crippen LogP contribution in [0.4, 0.5) is 10.1 Å². The Labute approximate surface area is 131 Å². The Morgan fingerprint density at radius 1 is 1.27 bits per heavy atom. The summed E-state index contributed by atoms with van der Waals surface area (Å²) in [5.41, 5.74) is 0.735. The Kier molecular flexibility index (Phi) is 6.82. The molecule has 0 fully saturated rings. The number of carbonyl (C=O) groups excluding carboxylic acids is 2. The number of amides is 2. The van der Waals surface area contributed by atoms with Crippen LogP contribution >= 0.6 is 0 Å². The van der Waals surface area contributed by atoms with Gasteiger partial charge < -0.3 is 15.1 Å². The highest BCUT2D eigenvalue weighted by Gasteiger charge is 2.11. The Morgan fingerprint density at radius 3 is 2.45 bits per heavy atom. The van der Waals surface area contributed by atoms with Crippen LogP contribution in [0.25, 0.3) is 0 Å². The first-order chi connectivity index (χ1) is 10.4. The quantitative estimate of drug-likeness (QED) is 0.783. The van der Waals surface area contributed by atoms with Crippen molar-refractivity contribution in [2.75, 3.05) is 38.6 Å². The van der Waals surface area contributed by atoms with Crippen LogP contribution in [0.2, 0.25) is 0 Å². The molecule has 0 aliphatic heterocycles. The molecule has 2 amide bonds. The molecule has 22 heavy (non-hydrogen) atoms. The lowest BCUT2D eigenvalue weighted by Gasteiger charge is -2.18. The van der Waals surface area contributed by atoms with Gasteiger partial charge in [-0.1, -0.05) is 0 Å². The van der Waals surface area contributed by atoms with E-state index < -0.39 is 5.82 Å². The second-order valence-corrected chi connectivity index (χ2v) is 5.27. The van der Waals surface area contributed by atoms with E-state index in [4.69, 9.17) is 0 Å². The summed E-state index contributed by atoms with van der Waals surface area (Å²) in [5, 5.41) is 2.74. The fourth-order valence-electron chi connectivity index (χ4n) is 2.12. The van der Waals surface area contributed by atoms with Crippen molar-refractivity contribution in [3.8, 4) is 0 Å². The van der Waals surface area contributed by atoms with Crippen molar-refractivity contribution in [2.24, 2.45) is 0 Å². The van der Waals surface area contributed by atoms with Gasteiger partial charge in [0.15, 0.2) is 0 Å². The fraction of sp³-hybridized carbons (Fsp3) is 0.500. The van der Waals surface area contributed by atoms with Gasteiger partial charge in [0.25, 0.3) is 5.91 Å². The standard InChI is InChI=1S/C16H24FN3O2/c1-5-20(12(2)21)10-6-9-18-16(22)13-7-8-15(19(3)4)14(17)11-13/h7-8,11H,5-6,9-10H2,1-4H3,(H,18,22). The van der Waals surface area contributed by atoms with Gasteiger partial charge in [-0.25, -0.2) is 4.39 Å². The second-order valence-electron chi connectivity index (χ2n) is 5.27. The number of halogens is 1. The lowest BCUT2D eigenvalue weighted by Crippen LogP contribution is -2.32. The lowest BCUT2D eigenvalue weighted by molar-refractivity contribution is -0.128. The van der Waals surface area contributed by atoms with Crippen LogP contribution in [-0.2, 0) is 4.79 Å². The predicted octanol–water partition coefficient (Wildman–Crippen LogP) is 1.88. The molecule has 1 aromatic rings. The van der Waals surface area contributed by atoms with Gasteiger partial charge in [0.1, 0.15) is 5.82 Å². The van der Waals surface area contributed by atoms with Crippen molar-refractivity contribution >= 4 is 17.5 Å². The zero-order chi connectivity index (χ0) is 16.7. The number of benzene rings is 1. The first kappa shape index (κ1) is 17.9. The summed E-state index contributed by atoms with van der Waals surface area (Å²) in [6.07, 6.45) is 0.664. The van der Waals surface area contributed by atoms with Gasteiger partial charge in [0.2, 0.25) is 5.91 Å². The smallest absolute Gasteiger partial charge is 0.251 e. The number of carbonyl (C=O) groups is 2. The lowest BCUT2D eigenvalue weighted by atomic mass is 10.1. The van der Waals surface area contributed by atoms with E-state index in [9.17, 15) is 14.0 Å². The predicted molar refractivity (Wildman–Crippen MR) is 85.6 cm³/mol. The van der Waals surface area contributed by atoms with E-state index in [1.54, 1.807) is 36.0 Å². The molecule has 1 rings (SSSR count). The molecule has 6 heteroatoms. The van der Waals surface area contributed by atoms with Crippen molar-refractivity contribution in [1.29, 1.82) is 0 Å². The minimum absolute atomic E-state index is 0.0233. The summed E-state index contributed by atoms with van der Waals surface area (Å²) >= 11 is 0. The first-order valence-electron chi connectivity index (χ1n) is 7.37. The zero-order valence-electron chi connectivity index (χ0n) is 13.6. The van der Waals surface area contributed by atoms with Crippen LogP contribution in [-0.4, -0.2) is 50.4 Å². The van der Waals surface area contributed by atoms with Crippen molar-refractivity contribution < 1.29 is 14.0 Å². The highest BCUT2D eigenvalue weighted by molar-refractivity contribution is 5.94. The summed E-state index contributed by atoms with van der Waals surface area (Å²) < 4.78 is 13.8. The van der Waals surface area contributed by atoms with E-state index in [1.165, 1.54) is 13.0 Å². The molecule has 0 atom stereocenters. The molecule has 0 saturated heterocycles. The minimum atomic E-state index is -0.425. The Bertz CT molecular complexity index is 532. The normalized spacial score (nSPS) is 10.2. The van der Waals surface area contributed by atoms with Crippen molar-refractivity contribution in [1.82, 2.24) is 10.2 Å². The third kappa shape index (κ3) is 5.02.